The van der Waals surface area contributed by atoms with Crippen LogP contribution in [-0.4, -0.2) is 65.9 Å². The predicted octanol–water partition coefficient (Wildman–Crippen LogP) is 5.27. The maximum Gasteiger partial charge on any atom is 0.186 e. The first-order valence-corrected chi connectivity index (χ1v) is 16.1. The molecule has 0 aliphatic rings. The van der Waals surface area contributed by atoms with Crippen LogP contribution >= 0.6 is 0 Å². The molecule has 3 nitrogen and oxygen atoms in total. The van der Waals surface area contributed by atoms with Gasteiger partial charge in [-0.2, -0.15) is 0 Å². The van der Waals surface area contributed by atoms with E-state index in [-0.39, 0.29) is 0 Å². The van der Waals surface area contributed by atoms with Crippen molar-refractivity contribution in [3.05, 3.63) is 0 Å². The van der Waals surface area contributed by atoms with E-state index in [1.54, 1.807) is 0 Å². The predicted molar refractivity (Wildman–Crippen MR) is 115 cm³/mol. The van der Waals surface area contributed by atoms with Crippen molar-refractivity contribution in [2.24, 2.45) is 0 Å². The van der Waals surface area contributed by atoms with Crippen LogP contribution in [0.25, 0.3) is 0 Å². The number of likely N-dealkylation sites (N-methyl/N-ethyl adjacent to an activating group) is 1. The molecular formula is C19H46N2OSi2. The summed E-state index contributed by atoms with van der Waals surface area (Å²) in [5.41, 5.74) is 0. The Kier molecular flexibility index (Phi) is 12.8. The van der Waals surface area contributed by atoms with E-state index in [2.05, 4.69) is 57.2 Å². The molecule has 0 fully saturated rings. The molecule has 0 aliphatic heterocycles. The van der Waals surface area contributed by atoms with Gasteiger partial charge in [0.25, 0.3) is 0 Å². The molecule has 24 heavy (non-hydrogen) atoms. The molecule has 0 heterocycles. The van der Waals surface area contributed by atoms with Crippen LogP contribution in [0.3, 0.4) is 0 Å². The van der Waals surface area contributed by atoms with Crippen LogP contribution in [0.5, 0.6) is 0 Å². The Labute approximate surface area is 155 Å². The van der Waals surface area contributed by atoms with Crippen molar-refractivity contribution in [3.8, 4) is 0 Å². The summed E-state index contributed by atoms with van der Waals surface area (Å²) in [5.74, 6) is 0. The Morgan fingerprint density at radius 1 is 0.750 bits per heavy atom. The van der Waals surface area contributed by atoms with Crippen LogP contribution in [0.2, 0.25) is 37.3 Å². The minimum Gasteiger partial charge on any atom is -0.420 e. The van der Waals surface area contributed by atoms with E-state index >= 15 is 0 Å². The van der Waals surface area contributed by atoms with E-state index in [9.17, 15) is 0 Å². The average molecular weight is 375 g/mol. The highest BCUT2D eigenvalue weighted by Crippen LogP contribution is 2.26. The maximum atomic E-state index is 5.71. The van der Waals surface area contributed by atoms with E-state index in [0.29, 0.717) is 0 Å². The minimum absolute atomic E-state index is 1.18. The number of nitrogens with zero attached hydrogens (tertiary/aromatic N) is 2. The van der Waals surface area contributed by atoms with Crippen molar-refractivity contribution in [2.75, 3.05) is 39.8 Å². The molecule has 0 aliphatic carbocycles. The van der Waals surface area contributed by atoms with Crippen molar-refractivity contribution in [2.45, 2.75) is 84.7 Å². The van der Waals surface area contributed by atoms with Crippen molar-refractivity contribution in [3.63, 3.8) is 0 Å². The quantitative estimate of drug-likeness (QED) is 0.287. The monoisotopic (exact) mass is 374 g/mol. The molecule has 0 aromatic heterocycles. The molecule has 0 aromatic rings. The Morgan fingerprint density at radius 2 is 1.29 bits per heavy atom. The zero-order valence-electron chi connectivity index (χ0n) is 18.1. The van der Waals surface area contributed by atoms with Crippen molar-refractivity contribution >= 4 is 16.6 Å². The van der Waals surface area contributed by atoms with Crippen molar-refractivity contribution < 1.29 is 4.43 Å². The van der Waals surface area contributed by atoms with Gasteiger partial charge in [-0.15, -0.1) is 0 Å². The standard InChI is InChI=1S/C19H46N2OSi2/c1-9-20(10-2)17-18-21(24(11-3,12-4)13-5)16-14-15-19-23(7,8)22-6/h9-19H2,1-8H3. The molecule has 0 bridgehead atoms. The zero-order valence-corrected chi connectivity index (χ0v) is 20.1. The van der Waals surface area contributed by atoms with Crippen LogP contribution in [0, 0.1) is 0 Å². The van der Waals surface area contributed by atoms with E-state index in [1.165, 1.54) is 69.7 Å². The van der Waals surface area contributed by atoms with E-state index in [0.717, 1.165) is 0 Å². The summed E-state index contributed by atoms with van der Waals surface area (Å²) in [5, 5.41) is 0. The van der Waals surface area contributed by atoms with Crippen LogP contribution < -0.4 is 0 Å². The van der Waals surface area contributed by atoms with E-state index < -0.39 is 16.6 Å². The number of unbranched alkanes of at least 4 members (excludes halogenated alkanes) is 1. The zero-order chi connectivity index (χ0) is 18.6. The molecule has 0 atom stereocenters. The molecule has 0 unspecified atom stereocenters. The summed E-state index contributed by atoms with van der Waals surface area (Å²) in [4.78, 5) is 2.58. The van der Waals surface area contributed by atoms with E-state index in [4.69, 9.17) is 4.43 Å². The molecule has 0 amide bonds. The highest BCUT2D eigenvalue weighted by atomic mass is 28.4. The van der Waals surface area contributed by atoms with Gasteiger partial charge in [-0.1, -0.05) is 41.0 Å². The minimum atomic E-state index is -1.38. The molecular weight excluding hydrogens is 328 g/mol. The Morgan fingerprint density at radius 3 is 1.71 bits per heavy atom. The fourth-order valence-electron chi connectivity index (χ4n) is 3.76. The number of hydrogen-bond donors (Lipinski definition) is 0. The van der Waals surface area contributed by atoms with Crippen LogP contribution in [0.15, 0.2) is 0 Å². The van der Waals surface area contributed by atoms with Crippen LogP contribution in [0.1, 0.15) is 47.5 Å². The molecule has 0 radical (unpaired) electrons. The first-order chi connectivity index (χ1) is 11.3. The number of rotatable bonds is 15. The summed E-state index contributed by atoms with van der Waals surface area (Å²) >= 11 is 0. The van der Waals surface area contributed by atoms with Crippen LogP contribution in [0.4, 0.5) is 0 Å². The summed E-state index contributed by atoms with van der Waals surface area (Å²) in [7, 11) is -0.745. The molecule has 0 spiro atoms. The Bertz CT molecular complexity index is 297. The first-order valence-electron chi connectivity index (χ1n) is 10.4. The largest absolute Gasteiger partial charge is 0.420 e. The van der Waals surface area contributed by atoms with Gasteiger partial charge in [0.15, 0.2) is 8.32 Å². The highest BCUT2D eigenvalue weighted by molar-refractivity contribution is 6.77. The maximum absolute atomic E-state index is 5.71. The lowest BCUT2D eigenvalue weighted by atomic mass is 10.3. The third-order valence-corrected chi connectivity index (χ3v) is 14.6. The second-order valence-corrected chi connectivity index (χ2v) is 17.3. The second-order valence-electron chi connectivity index (χ2n) is 7.72. The lowest BCUT2D eigenvalue weighted by Crippen LogP contribution is -2.54. The molecule has 0 rings (SSSR count). The third-order valence-electron chi connectivity index (χ3n) is 6.24. The molecule has 0 saturated heterocycles. The molecule has 5 heteroatoms. The number of hydrogen-bond acceptors (Lipinski definition) is 3. The molecule has 0 aromatic carbocycles. The lowest BCUT2D eigenvalue weighted by Gasteiger charge is -2.42. The van der Waals surface area contributed by atoms with Gasteiger partial charge in [-0.05, 0) is 63.3 Å². The Balaban J connectivity index is 4.74. The smallest absolute Gasteiger partial charge is 0.186 e. The summed E-state index contributed by atoms with van der Waals surface area (Å²) in [6.45, 7) is 22.7. The summed E-state index contributed by atoms with van der Waals surface area (Å²) in [6, 6.07) is 5.50. The van der Waals surface area contributed by atoms with E-state index in [1.807, 2.05) is 7.11 Å². The third kappa shape index (κ3) is 8.13. The van der Waals surface area contributed by atoms with Gasteiger partial charge in [0.05, 0.1) is 0 Å². The average Bonchev–Trinajstić information content (AvgIpc) is 2.60. The van der Waals surface area contributed by atoms with Gasteiger partial charge in [0.2, 0.25) is 0 Å². The molecule has 0 N–H and O–H groups in total. The molecule has 0 saturated carbocycles. The highest BCUT2D eigenvalue weighted by Gasteiger charge is 2.34. The van der Waals surface area contributed by atoms with Gasteiger partial charge in [0, 0.05) is 20.2 Å². The van der Waals surface area contributed by atoms with Gasteiger partial charge >= 0.3 is 0 Å². The van der Waals surface area contributed by atoms with Crippen LogP contribution in [-0.2, 0) is 4.43 Å². The Hall–Kier alpha value is 0.314. The van der Waals surface area contributed by atoms with Gasteiger partial charge in [-0.3, -0.25) is 0 Å². The second kappa shape index (κ2) is 12.6. The van der Waals surface area contributed by atoms with Crippen molar-refractivity contribution in [1.82, 2.24) is 9.47 Å². The van der Waals surface area contributed by atoms with Gasteiger partial charge in [0.1, 0.15) is 8.24 Å². The van der Waals surface area contributed by atoms with Crippen molar-refractivity contribution in [1.29, 1.82) is 0 Å². The lowest BCUT2D eigenvalue weighted by molar-refractivity contribution is 0.265. The summed E-state index contributed by atoms with van der Waals surface area (Å²) in [6.07, 6.45) is 2.67. The summed E-state index contributed by atoms with van der Waals surface area (Å²) < 4.78 is 8.66. The first kappa shape index (κ1) is 24.3. The normalized spacial score (nSPS) is 13.2. The fraction of sp³-hybridized carbons (Fsp3) is 1.00. The van der Waals surface area contributed by atoms with Gasteiger partial charge < -0.3 is 13.9 Å². The molecule has 146 valence electrons. The fourth-order valence-corrected chi connectivity index (χ4v) is 9.12. The van der Waals surface area contributed by atoms with Gasteiger partial charge in [-0.25, -0.2) is 0 Å². The topological polar surface area (TPSA) is 15.7 Å². The SMILES string of the molecule is CCN(CC)CCN(CCCC[Si](C)(C)OC)[Si](CC)(CC)CC.